The molecule has 0 radical (unpaired) electrons. The molecule has 0 aliphatic carbocycles. The Kier molecular flexibility index (Phi) is 5.38. The van der Waals surface area contributed by atoms with Crippen molar-refractivity contribution in [1.29, 1.82) is 0 Å². The highest BCUT2D eigenvalue weighted by atomic mass is 19.3. The highest BCUT2D eigenvalue weighted by Crippen LogP contribution is 2.20. The summed E-state index contributed by atoms with van der Waals surface area (Å²) in [7, 11) is 1.88. The van der Waals surface area contributed by atoms with Crippen LogP contribution in [0.3, 0.4) is 0 Å². The smallest absolute Gasteiger partial charge is 0.242 e. The van der Waals surface area contributed by atoms with E-state index in [0.717, 1.165) is 6.54 Å². The first kappa shape index (κ1) is 10.8. The van der Waals surface area contributed by atoms with Crippen LogP contribution in [0.5, 0.6) is 0 Å². The fourth-order valence-corrected chi connectivity index (χ4v) is 1.17. The lowest BCUT2D eigenvalue weighted by molar-refractivity contribution is 0.0823. The van der Waals surface area contributed by atoms with Crippen molar-refractivity contribution in [1.82, 2.24) is 4.90 Å². The number of alkyl halides is 2. The largest absolute Gasteiger partial charge is 0.306 e. The molecule has 0 amide bonds. The molecule has 1 rings (SSSR count). The minimum absolute atomic E-state index is 0.366. The lowest BCUT2D eigenvalue weighted by atomic mass is 10.1. The maximum absolute atomic E-state index is 11.9. The van der Waals surface area contributed by atoms with E-state index >= 15 is 0 Å². The van der Waals surface area contributed by atoms with E-state index in [9.17, 15) is 8.78 Å². The summed E-state index contributed by atoms with van der Waals surface area (Å²) in [6.07, 6.45) is -1.45. The van der Waals surface area contributed by atoms with E-state index in [1.54, 1.807) is 0 Å². The quantitative estimate of drug-likeness (QED) is 0.576. The average molecular weight is 165 g/mol. The molecule has 1 atom stereocenters. The molecule has 0 aromatic carbocycles. The van der Waals surface area contributed by atoms with E-state index in [4.69, 9.17) is 0 Å². The second-order valence-corrected chi connectivity index (χ2v) is 2.65. The SMILES string of the molecule is CC.CN1CCC(C(F)F)C1. The van der Waals surface area contributed by atoms with Crippen molar-refractivity contribution in [3.63, 3.8) is 0 Å². The third-order valence-corrected chi connectivity index (χ3v) is 1.78. The van der Waals surface area contributed by atoms with Gasteiger partial charge in [0.2, 0.25) is 6.43 Å². The summed E-state index contributed by atoms with van der Waals surface area (Å²) < 4.78 is 23.8. The Morgan fingerprint density at radius 2 is 1.91 bits per heavy atom. The van der Waals surface area contributed by atoms with Gasteiger partial charge >= 0.3 is 0 Å². The molecule has 1 unspecified atom stereocenters. The second-order valence-electron chi connectivity index (χ2n) is 2.65. The predicted molar refractivity (Wildman–Crippen MR) is 43.0 cm³/mol. The van der Waals surface area contributed by atoms with Crippen molar-refractivity contribution < 1.29 is 8.78 Å². The van der Waals surface area contributed by atoms with Gasteiger partial charge in [-0.25, -0.2) is 8.78 Å². The molecular weight excluding hydrogens is 148 g/mol. The molecular formula is C8H17F2N. The van der Waals surface area contributed by atoms with Crippen LogP contribution in [0.1, 0.15) is 20.3 Å². The summed E-state index contributed by atoms with van der Waals surface area (Å²) in [6.45, 7) is 5.40. The minimum Gasteiger partial charge on any atom is -0.306 e. The molecule has 1 aliphatic heterocycles. The zero-order chi connectivity index (χ0) is 8.85. The van der Waals surface area contributed by atoms with Gasteiger partial charge in [-0.2, -0.15) is 0 Å². The van der Waals surface area contributed by atoms with E-state index in [-0.39, 0.29) is 5.92 Å². The van der Waals surface area contributed by atoms with Crippen LogP contribution in [0, 0.1) is 5.92 Å². The van der Waals surface area contributed by atoms with Crippen molar-refractivity contribution in [3.05, 3.63) is 0 Å². The predicted octanol–water partition coefficient (Wildman–Crippen LogP) is 2.23. The molecule has 0 aromatic rings. The molecule has 1 heterocycles. The molecule has 1 fully saturated rings. The maximum atomic E-state index is 11.9. The van der Waals surface area contributed by atoms with Crippen molar-refractivity contribution in [2.75, 3.05) is 20.1 Å². The Bertz CT molecular complexity index is 96.1. The van der Waals surface area contributed by atoms with Gasteiger partial charge in [0.15, 0.2) is 0 Å². The number of nitrogens with zero attached hydrogens (tertiary/aromatic N) is 1. The van der Waals surface area contributed by atoms with Gasteiger partial charge in [-0.1, -0.05) is 13.8 Å². The van der Waals surface area contributed by atoms with E-state index in [0.29, 0.717) is 13.0 Å². The number of halogens is 2. The van der Waals surface area contributed by atoms with Crippen LogP contribution in [-0.2, 0) is 0 Å². The van der Waals surface area contributed by atoms with Crippen LogP contribution in [0.15, 0.2) is 0 Å². The lowest BCUT2D eigenvalue weighted by Gasteiger charge is -2.07. The van der Waals surface area contributed by atoms with Gasteiger partial charge in [-0.05, 0) is 20.0 Å². The van der Waals surface area contributed by atoms with Crippen LogP contribution >= 0.6 is 0 Å². The Morgan fingerprint density at radius 3 is 2.09 bits per heavy atom. The van der Waals surface area contributed by atoms with E-state index < -0.39 is 6.43 Å². The fraction of sp³-hybridized carbons (Fsp3) is 1.00. The standard InChI is InChI=1S/C6H11F2N.C2H6/c1-9-3-2-5(4-9)6(7)8;1-2/h5-6H,2-4H2,1H3;1-2H3. The van der Waals surface area contributed by atoms with Gasteiger partial charge in [-0.15, -0.1) is 0 Å². The van der Waals surface area contributed by atoms with Gasteiger partial charge in [0.05, 0.1) is 0 Å². The zero-order valence-corrected chi connectivity index (χ0v) is 7.48. The third kappa shape index (κ3) is 3.65. The van der Waals surface area contributed by atoms with Gasteiger partial charge in [-0.3, -0.25) is 0 Å². The van der Waals surface area contributed by atoms with E-state index in [2.05, 4.69) is 0 Å². The summed E-state index contributed by atoms with van der Waals surface area (Å²) in [5, 5.41) is 0. The van der Waals surface area contributed by atoms with Crippen molar-refractivity contribution in [2.45, 2.75) is 26.7 Å². The fourth-order valence-electron chi connectivity index (χ4n) is 1.17. The first-order valence-corrected chi connectivity index (χ1v) is 4.17. The number of rotatable bonds is 1. The van der Waals surface area contributed by atoms with Crippen molar-refractivity contribution in [3.8, 4) is 0 Å². The molecule has 0 spiro atoms. The number of hydrogen-bond acceptors (Lipinski definition) is 1. The molecule has 0 N–H and O–H groups in total. The zero-order valence-electron chi connectivity index (χ0n) is 7.48. The second kappa shape index (κ2) is 5.47. The summed E-state index contributed by atoms with van der Waals surface area (Å²) in [5.74, 6) is -0.366. The summed E-state index contributed by atoms with van der Waals surface area (Å²) in [6, 6.07) is 0. The summed E-state index contributed by atoms with van der Waals surface area (Å²) in [5.41, 5.74) is 0. The lowest BCUT2D eigenvalue weighted by Crippen LogP contribution is -2.17. The van der Waals surface area contributed by atoms with Crippen LogP contribution in [-0.4, -0.2) is 31.5 Å². The third-order valence-electron chi connectivity index (χ3n) is 1.78. The molecule has 68 valence electrons. The highest BCUT2D eigenvalue weighted by Gasteiger charge is 2.26. The molecule has 0 saturated carbocycles. The highest BCUT2D eigenvalue weighted by molar-refractivity contribution is 4.74. The summed E-state index contributed by atoms with van der Waals surface area (Å²) >= 11 is 0. The molecule has 0 bridgehead atoms. The normalized spacial score (nSPS) is 25.1. The first-order valence-electron chi connectivity index (χ1n) is 4.17. The van der Waals surface area contributed by atoms with Crippen LogP contribution in [0.25, 0.3) is 0 Å². The number of likely N-dealkylation sites (tertiary alicyclic amines) is 1. The molecule has 3 heteroatoms. The molecule has 11 heavy (non-hydrogen) atoms. The van der Waals surface area contributed by atoms with Crippen LogP contribution in [0.4, 0.5) is 8.78 Å². The van der Waals surface area contributed by atoms with Gasteiger partial charge < -0.3 is 4.90 Å². The van der Waals surface area contributed by atoms with Gasteiger partial charge in [0.1, 0.15) is 0 Å². The Labute approximate surface area is 67.4 Å². The molecule has 0 aromatic heterocycles. The number of hydrogen-bond donors (Lipinski definition) is 0. The Balaban J connectivity index is 0.000000461. The Morgan fingerprint density at radius 1 is 1.36 bits per heavy atom. The van der Waals surface area contributed by atoms with Gasteiger partial charge in [0.25, 0.3) is 0 Å². The molecule has 1 saturated heterocycles. The molecule has 1 aliphatic rings. The van der Waals surface area contributed by atoms with Crippen molar-refractivity contribution in [2.24, 2.45) is 5.92 Å². The first-order chi connectivity index (χ1) is 5.20. The maximum Gasteiger partial charge on any atom is 0.242 e. The Hall–Kier alpha value is -0.180. The van der Waals surface area contributed by atoms with Crippen molar-refractivity contribution >= 4 is 0 Å². The molecule has 1 nitrogen and oxygen atoms in total. The van der Waals surface area contributed by atoms with Gasteiger partial charge in [0, 0.05) is 12.5 Å². The van der Waals surface area contributed by atoms with Crippen LogP contribution < -0.4 is 0 Å². The minimum atomic E-state index is -2.12. The van der Waals surface area contributed by atoms with Crippen LogP contribution in [0.2, 0.25) is 0 Å². The topological polar surface area (TPSA) is 3.24 Å². The average Bonchev–Trinajstić information content (AvgIpc) is 2.40. The van der Waals surface area contributed by atoms with E-state index in [1.807, 2.05) is 25.8 Å². The summed E-state index contributed by atoms with van der Waals surface area (Å²) in [4.78, 5) is 1.94. The monoisotopic (exact) mass is 165 g/mol. The van der Waals surface area contributed by atoms with E-state index in [1.165, 1.54) is 0 Å².